The summed E-state index contributed by atoms with van der Waals surface area (Å²) < 4.78 is 1.78. The Morgan fingerprint density at radius 3 is 3.00 bits per heavy atom. The van der Waals surface area contributed by atoms with Crippen LogP contribution in [0.15, 0.2) is 0 Å². The van der Waals surface area contributed by atoms with E-state index in [1.54, 1.807) is 9.35 Å². The molecule has 9 heteroatoms. The Morgan fingerprint density at radius 2 is 2.33 bits per heavy atom. The quantitative estimate of drug-likeness (QED) is 0.768. The van der Waals surface area contributed by atoms with Gasteiger partial charge in [0, 0.05) is 20.0 Å². The van der Waals surface area contributed by atoms with E-state index in [9.17, 15) is 4.79 Å². The lowest BCUT2D eigenvalue weighted by molar-refractivity contribution is 0.0773. The van der Waals surface area contributed by atoms with Gasteiger partial charge in [0.1, 0.15) is 0 Å². The van der Waals surface area contributed by atoms with Gasteiger partial charge in [-0.3, -0.25) is 4.79 Å². The summed E-state index contributed by atoms with van der Waals surface area (Å²) in [5.41, 5.74) is 1.52. The number of rotatable bonds is 2. The lowest BCUT2D eigenvalue weighted by Gasteiger charge is -2.23. The Morgan fingerprint density at radius 1 is 1.60 bits per heavy atom. The van der Waals surface area contributed by atoms with Crippen LogP contribution in [-0.4, -0.2) is 39.2 Å². The van der Waals surface area contributed by atoms with E-state index < -0.39 is 7.45 Å². The summed E-state index contributed by atoms with van der Waals surface area (Å²) in [5, 5.41) is 8.15. The molecule has 1 amide bonds. The maximum Gasteiger partial charge on any atom is 0.274 e. The normalized spacial score (nSPS) is 18.6. The Bertz CT molecular complexity index is 394. The van der Waals surface area contributed by atoms with Crippen molar-refractivity contribution in [3.05, 3.63) is 11.4 Å². The van der Waals surface area contributed by atoms with Crippen molar-refractivity contribution in [2.75, 3.05) is 13.6 Å². The highest BCUT2D eigenvalue weighted by Gasteiger charge is 2.29. The molecular formula is C6H12N4OP4. The van der Waals surface area contributed by atoms with E-state index in [0.29, 0.717) is 13.7 Å². The van der Waals surface area contributed by atoms with Gasteiger partial charge < -0.3 is 4.90 Å². The molecular weight excluding hydrogens is 268 g/mol. The average molecular weight is 280 g/mol. The monoisotopic (exact) mass is 280 g/mol. The fourth-order valence-electron chi connectivity index (χ4n) is 1.44. The molecule has 82 valence electrons. The molecule has 4 atom stereocenters. The van der Waals surface area contributed by atoms with Crippen molar-refractivity contribution in [3.8, 4) is 0 Å². The zero-order valence-electron chi connectivity index (χ0n) is 8.21. The summed E-state index contributed by atoms with van der Waals surface area (Å²) in [4.78, 5) is 13.7. The van der Waals surface area contributed by atoms with Crippen LogP contribution in [0.5, 0.6) is 0 Å². The van der Waals surface area contributed by atoms with Gasteiger partial charge in [0.2, 0.25) is 0 Å². The van der Waals surface area contributed by atoms with Crippen LogP contribution in [0, 0.1) is 0 Å². The third-order valence-corrected chi connectivity index (χ3v) is 11.7. The predicted molar refractivity (Wildman–Crippen MR) is 70.7 cm³/mol. The lowest BCUT2D eigenvalue weighted by atomic mass is 10.1. The molecule has 4 unspecified atom stereocenters. The van der Waals surface area contributed by atoms with E-state index in [2.05, 4.69) is 28.2 Å². The first-order valence-electron chi connectivity index (χ1n) is 4.36. The second-order valence-electron chi connectivity index (χ2n) is 3.22. The zero-order valence-corrected chi connectivity index (χ0v) is 12.4. The van der Waals surface area contributed by atoms with E-state index in [0.717, 1.165) is 18.7 Å². The van der Waals surface area contributed by atoms with Gasteiger partial charge in [0.15, 0.2) is 5.69 Å². The molecule has 0 N–H and O–H groups in total. The highest BCUT2D eigenvalue weighted by atomic mass is 32.6. The second-order valence-corrected chi connectivity index (χ2v) is 12.0. The summed E-state index contributed by atoms with van der Waals surface area (Å²) >= 11 is 0. The van der Waals surface area contributed by atoms with Crippen LogP contribution in [0.25, 0.3) is 0 Å². The Balaban J connectivity index is 2.44. The Labute approximate surface area is 95.4 Å². The molecule has 15 heavy (non-hydrogen) atoms. The first kappa shape index (κ1) is 11.8. The minimum Gasteiger partial charge on any atom is -0.340 e. The largest absolute Gasteiger partial charge is 0.340 e. The van der Waals surface area contributed by atoms with Crippen LogP contribution in [0.4, 0.5) is 0 Å². The minimum absolute atomic E-state index is 0.0412. The van der Waals surface area contributed by atoms with Gasteiger partial charge in [-0.2, -0.15) is 0 Å². The van der Waals surface area contributed by atoms with Crippen molar-refractivity contribution in [3.63, 3.8) is 0 Å². The molecule has 1 aliphatic rings. The number of carbonyl (C=O) groups is 1. The van der Waals surface area contributed by atoms with Crippen molar-refractivity contribution in [1.29, 1.82) is 0 Å². The van der Waals surface area contributed by atoms with Gasteiger partial charge >= 0.3 is 0 Å². The maximum absolute atomic E-state index is 11.9. The third-order valence-electron chi connectivity index (χ3n) is 2.29. The van der Waals surface area contributed by atoms with Crippen LogP contribution in [0.2, 0.25) is 0 Å². The first-order valence-corrected chi connectivity index (χ1v) is 10.9. The number of carbonyl (C=O) groups excluding carboxylic acids is 1. The molecule has 5 nitrogen and oxygen atoms in total. The molecule has 0 bridgehead atoms. The fraction of sp³-hybridized carbons (Fsp3) is 0.500. The Kier molecular flexibility index (Phi) is 3.68. The molecule has 0 saturated heterocycles. The minimum atomic E-state index is -0.494. The molecule has 2 heterocycles. The van der Waals surface area contributed by atoms with E-state index in [1.807, 2.05) is 7.05 Å². The van der Waals surface area contributed by atoms with Gasteiger partial charge in [-0.1, -0.05) is 14.1 Å². The number of amides is 1. The zero-order chi connectivity index (χ0) is 11.0. The third kappa shape index (κ3) is 2.08. The summed E-state index contributed by atoms with van der Waals surface area (Å²) in [6.07, 6.45) is 0.811. The molecule has 0 radical (unpaired) electrons. The molecule has 1 aliphatic heterocycles. The standard InChI is InChI=1S/C6H12N4OP4/c1-9-3-2-4-5(6(9)11)10(8-7-4)15(13)14-12/h14H,2-3,12-13H2,1H3. The van der Waals surface area contributed by atoms with Gasteiger partial charge in [-0.25, -0.2) is 4.45 Å². The number of nitrogens with zero attached hydrogens (tertiary/aromatic N) is 4. The molecule has 2 rings (SSSR count). The average Bonchev–Trinajstić information content (AvgIpc) is 2.67. The van der Waals surface area contributed by atoms with Crippen molar-refractivity contribution in [2.45, 2.75) is 6.42 Å². The number of fused-ring (bicyclic) bond motifs is 1. The van der Waals surface area contributed by atoms with Crippen molar-refractivity contribution < 1.29 is 4.79 Å². The smallest absolute Gasteiger partial charge is 0.274 e. The topological polar surface area (TPSA) is 51.0 Å². The summed E-state index contributed by atoms with van der Waals surface area (Å²) in [7, 11) is 7.42. The van der Waals surface area contributed by atoms with Crippen LogP contribution in [-0.2, 0) is 6.42 Å². The summed E-state index contributed by atoms with van der Waals surface area (Å²) in [6, 6.07) is 0. The molecule has 0 fully saturated rings. The molecule has 1 aromatic heterocycles. The Hall–Kier alpha value is 0.330. The van der Waals surface area contributed by atoms with Crippen LogP contribution < -0.4 is 0 Å². The number of aromatic nitrogens is 3. The lowest BCUT2D eigenvalue weighted by Crippen LogP contribution is -2.35. The molecule has 0 aliphatic carbocycles. The molecule has 0 saturated carbocycles. The van der Waals surface area contributed by atoms with Crippen LogP contribution in [0.3, 0.4) is 0 Å². The predicted octanol–water partition coefficient (Wildman–Crippen LogP) is 1.32. The number of hydrogen-bond donors (Lipinski definition) is 0. The highest BCUT2D eigenvalue weighted by Crippen LogP contribution is 2.66. The van der Waals surface area contributed by atoms with E-state index >= 15 is 0 Å². The van der Waals surface area contributed by atoms with Gasteiger partial charge in [-0.05, 0) is 7.96 Å². The molecule has 1 aromatic rings. The van der Waals surface area contributed by atoms with Gasteiger partial charge in [0.05, 0.1) is 13.1 Å². The van der Waals surface area contributed by atoms with Crippen molar-refractivity contribution in [1.82, 2.24) is 19.7 Å². The molecule has 0 spiro atoms. The summed E-state index contributed by atoms with van der Waals surface area (Å²) in [6.45, 7) is 0.739. The van der Waals surface area contributed by atoms with Crippen molar-refractivity contribution >= 4 is 39.2 Å². The van der Waals surface area contributed by atoms with E-state index in [4.69, 9.17) is 0 Å². The van der Waals surface area contributed by atoms with Crippen molar-refractivity contribution in [2.24, 2.45) is 0 Å². The van der Waals surface area contributed by atoms with E-state index in [-0.39, 0.29) is 5.91 Å². The van der Waals surface area contributed by atoms with Gasteiger partial charge in [-0.15, -0.1) is 14.0 Å². The fourth-order valence-corrected chi connectivity index (χ4v) is 4.31. The first-order chi connectivity index (χ1) is 7.15. The van der Waals surface area contributed by atoms with Crippen LogP contribution >= 0.6 is 33.3 Å². The highest BCUT2D eigenvalue weighted by molar-refractivity contribution is 8.60. The SMILES string of the molecule is CN1CCc2nnn(P(P)PP)c2C1=O. The maximum atomic E-state index is 11.9. The number of hydrogen-bond acceptors (Lipinski definition) is 3. The second kappa shape index (κ2) is 4.68. The van der Waals surface area contributed by atoms with Crippen LogP contribution in [0.1, 0.15) is 16.2 Å². The molecule has 0 aromatic carbocycles. The van der Waals surface area contributed by atoms with Gasteiger partial charge in [0.25, 0.3) is 5.91 Å². The summed E-state index contributed by atoms with van der Waals surface area (Å²) in [5.74, 6) is 0.0412. The van der Waals surface area contributed by atoms with E-state index in [1.165, 1.54) is 0 Å². The number of likely N-dealkylation sites (N-methyl/N-ethyl adjacent to an activating group) is 1.